The van der Waals surface area contributed by atoms with E-state index in [4.69, 9.17) is 13.9 Å². The van der Waals surface area contributed by atoms with Crippen LogP contribution < -0.4 is 9.47 Å². The van der Waals surface area contributed by atoms with Gasteiger partial charge in [0.2, 0.25) is 5.76 Å². The van der Waals surface area contributed by atoms with Crippen molar-refractivity contribution in [1.82, 2.24) is 4.90 Å². The van der Waals surface area contributed by atoms with Crippen LogP contribution in [-0.4, -0.2) is 28.6 Å². The first-order valence-electron chi connectivity index (χ1n) is 9.97. The molecule has 4 rings (SSSR count). The highest BCUT2D eigenvalue weighted by molar-refractivity contribution is 8.18. The first-order valence-corrected chi connectivity index (χ1v) is 10.8. The molecule has 1 aliphatic heterocycles. The van der Waals surface area contributed by atoms with Crippen LogP contribution in [0.25, 0.3) is 6.08 Å². The van der Waals surface area contributed by atoms with Crippen LogP contribution in [-0.2, 0) is 11.3 Å². The fourth-order valence-corrected chi connectivity index (χ4v) is 3.93. The second-order valence-corrected chi connectivity index (χ2v) is 7.86. The average Bonchev–Trinajstić information content (AvgIpc) is 3.42. The molecule has 0 aliphatic carbocycles. The summed E-state index contributed by atoms with van der Waals surface area (Å²) in [5.41, 5.74) is 0.815. The third kappa shape index (κ3) is 4.98. The van der Waals surface area contributed by atoms with E-state index in [9.17, 15) is 18.8 Å². The summed E-state index contributed by atoms with van der Waals surface area (Å²) in [6.07, 6.45) is 2.90. The van der Waals surface area contributed by atoms with Gasteiger partial charge in [0.15, 0.2) is 11.5 Å². The largest absolute Gasteiger partial charge is 0.490 e. The number of imide groups is 1. The molecule has 0 saturated carbocycles. The summed E-state index contributed by atoms with van der Waals surface area (Å²) in [4.78, 5) is 38.5. The van der Waals surface area contributed by atoms with E-state index < -0.39 is 22.9 Å². The number of hydrogen-bond acceptors (Lipinski definition) is 7. The van der Waals surface area contributed by atoms with Crippen molar-refractivity contribution in [2.45, 2.75) is 13.5 Å². The molecule has 33 heavy (non-hydrogen) atoms. The van der Waals surface area contributed by atoms with Crippen LogP contribution >= 0.6 is 11.8 Å². The van der Waals surface area contributed by atoms with E-state index in [1.807, 2.05) is 0 Å². The summed E-state index contributed by atoms with van der Waals surface area (Å²) in [7, 11) is 0. The summed E-state index contributed by atoms with van der Waals surface area (Å²) in [5, 5.41) is -0.483. The first kappa shape index (κ1) is 22.3. The lowest BCUT2D eigenvalue weighted by molar-refractivity contribution is -0.123. The van der Waals surface area contributed by atoms with Crippen molar-refractivity contribution in [2.75, 3.05) is 6.61 Å². The number of carbonyl (C=O) groups excluding carboxylic acids is 3. The minimum Gasteiger partial charge on any atom is -0.490 e. The molecular weight excluding hydrogens is 449 g/mol. The van der Waals surface area contributed by atoms with Crippen molar-refractivity contribution in [2.24, 2.45) is 0 Å². The van der Waals surface area contributed by atoms with E-state index >= 15 is 0 Å². The van der Waals surface area contributed by atoms with Crippen LogP contribution in [0.15, 0.2) is 70.2 Å². The summed E-state index contributed by atoms with van der Waals surface area (Å²) < 4.78 is 29.9. The van der Waals surface area contributed by atoms with Gasteiger partial charge in [-0.1, -0.05) is 24.3 Å². The molecule has 0 N–H and O–H groups in total. The minimum atomic E-state index is -0.678. The van der Waals surface area contributed by atoms with Gasteiger partial charge >= 0.3 is 5.97 Å². The van der Waals surface area contributed by atoms with Crippen LogP contribution in [0.4, 0.5) is 9.18 Å². The van der Waals surface area contributed by atoms with E-state index in [2.05, 4.69) is 0 Å². The van der Waals surface area contributed by atoms with Gasteiger partial charge in [0.25, 0.3) is 11.1 Å². The molecule has 168 valence electrons. The average molecular weight is 467 g/mol. The maximum Gasteiger partial charge on any atom is 0.379 e. The Morgan fingerprint density at radius 2 is 1.94 bits per heavy atom. The van der Waals surface area contributed by atoms with Crippen molar-refractivity contribution >= 4 is 35.0 Å². The van der Waals surface area contributed by atoms with Crippen LogP contribution in [0.3, 0.4) is 0 Å². The molecule has 2 heterocycles. The van der Waals surface area contributed by atoms with Crippen LogP contribution in [0.1, 0.15) is 28.6 Å². The maximum absolute atomic E-state index is 13.9. The van der Waals surface area contributed by atoms with Crippen molar-refractivity contribution in [3.63, 3.8) is 0 Å². The number of esters is 1. The highest BCUT2D eigenvalue weighted by Gasteiger charge is 2.35. The number of ether oxygens (including phenoxy) is 2. The maximum atomic E-state index is 13.9. The third-order valence-electron chi connectivity index (χ3n) is 4.65. The minimum absolute atomic E-state index is 0.0463. The fourth-order valence-electron chi connectivity index (χ4n) is 3.10. The zero-order valence-corrected chi connectivity index (χ0v) is 18.3. The van der Waals surface area contributed by atoms with Gasteiger partial charge in [-0.25, -0.2) is 9.18 Å². The van der Waals surface area contributed by atoms with Gasteiger partial charge in [-0.3, -0.25) is 14.5 Å². The van der Waals surface area contributed by atoms with E-state index in [-0.39, 0.29) is 34.3 Å². The molecule has 9 heteroatoms. The van der Waals surface area contributed by atoms with E-state index in [1.165, 1.54) is 42.7 Å². The lowest BCUT2D eigenvalue weighted by Crippen LogP contribution is -2.27. The Kier molecular flexibility index (Phi) is 6.60. The highest BCUT2D eigenvalue weighted by atomic mass is 32.2. The summed E-state index contributed by atoms with van der Waals surface area (Å²) >= 11 is 0.772. The Bertz CT molecular complexity index is 1240. The van der Waals surface area contributed by atoms with Crippen molar-refractivity contribution < 1.29 is 32.7 Å². The van der Waals surface area contributed by atoms with Gasteiger partial charge in [-0.15, -0.1) is 0 Å². The Morgan fingerprint density at radius 1 is 1.12 bits per heavy atom. The SMILES string of the molecule is CCOc1cc(/C=C2\SC(=O)N(Cc3ccccc3F)C2=O)ccc1OC(=O)c1ccco1. The fraction of sp³-hybridized carbons (Fsp3) is 0.125. The molecule has 0 bridgehead atoms. The molecule has 1 fully saturated rings. The molecule has 7 nitrogen and oxygen atoms in total. The Balaban J connectivity index is 1.55. The molecule has 1 aliphatic rings. The summed E-state index contributed by atoms with van der Waals surface area (Å²) in [6.45, 7) is 1.94. The number of benzene rings is 2. The molecule has 0 radical (unpaired) electrons. The molecule has 2 aromatic carbocycles. The summed E-state index contributed by atoms with van der Waals surface area (Å²) in [5.74, 6) is -1.16. The zero-order valence-electron chi connectivity index (χ0n) is 17.4. The number of rotatable bonds is 7. The lowest BCUT2D eigenvalue weighted by Gasteiger charge is -2.13. The molecule has 2 amide bonds. The van der Waals surface area contributed by atoms with Gasteiger partial charge in [0, 0.05) is 5.56 Å². The van der Waals surface area contributed by atoms with E-state index in [0.717, 1.165) is 16.7 Å². The van der Waals surface area contributed by atoms with E-state index in [0.29, 0.717) is 12.2 Å². The quantitative estimate of drug-likeness (QED) is 0.266. The molecule has 0 spiro atoms. The standard InChI is InChI=1S/C24H18FNO6S/c1-2-30-20-12-15(9-10-18(20)32-23(28)19-8-5-11-31-19)13-21-22(27)26(24(29)33-21)14-16-6-3-4-7-17(16)25/h3-13H,2,14H2,1H3/b21-13-. The number of furan rings is 1. The second kappa shape index (κ2) is 9.74. The number of amides is 2. The zero-order chi connectivity index (χ0) is 23.4. The highest BCUT2D eigenvalue weighted by Crippen LogP contribution is 2.35. The third-order valence-corrected chi connectivity index (χ3v) is 5.56. The normalized spacial score (nSPS) is 14.7. The monoisotopic (exact) mass is 467 g/mol. The number of nitrogens with zero attached hydrogens (tertiary/aromatic N) is 1. The number of hydrogen-bond donors (Lipinski definition) is 0. The second-order valence-electron chi connectivity index (χ2n) is 6.87. The Labute approximate surface area is 192 Å². The van der Waals surface area contributed by atoms with Gasteiger partial charge in [0.1, 0.15) is 5.82 Å². The van der Waals surface area contributed by atoms with E-state index in [1.54, 1.807) is 31.2 Å². The topological polar surface area (TPSA) is 86.0 Å². The Morgan fingerprint density at radius 3 is 2.67 bits per heavy atom. The lowest BCUT2D eigenvalue weighted by atomic mass is 10.1. The molecule has 0 unspecified atom stereocenters. The predicted molar refractivity (Wildman–Crippen MR) is 119 cm³/mol. The smallest absolute Gasteiger partial charge is 0.379 e. The van der Waals surface area contributed by atoms with Crippen LogP contribution in [0.2, 0.25) is 0 Å². The Hall–Kier alpha value is -3.85. The van der Waals surface area contributed by atoms with Crippen molar-refractivity contribution in [3.8, 4) is 11.5 Å². The number of thioether (sulfide) groups is 1. The van der Waals surface area contributed by atoms with Gasteiger partial charge in [0.05, 0.1) is 24.3 Å². The predicted octanol–water partition coefficient (Wildman–Crippen LogP) is 5.27. The molecule has 0 atom stereocenters. The van der Waals surface area contributed by atoms with Gasteiger partial charge in [-0.05, 0) is 60.7 Å². The molecule has 1 saturated heterocycles. The van der Waals surface area contributed by atoms with Crippen molar-refractivity contribution in [3.05, 3.63) is 88.5 Å². The van der Waals surface area contributed by atoms with Gasteiger partial charge in [-0.2, -0.15) is 0 Å². The first-order chi connectivity index (χ1) is 16.0. The van der Waals surface area contributed by atoms with Crippen LogP contribution in [0.5, 0.6) is 11.5 Å². The van der Waals surface area contributed by atoms with Crippen molar-refractivity contribution in [1.29, 1.82) is 0 Å². The van der Waals surface area contributed by atoms with Crippen LogP contribution in [0, 0.1) is 5.82 Å². The summed E-state index contributed by atoms with van der Waals surface area (Å²) in [6, 6.07) is 13.8. The molecule has 3 aromatic rings. The van der Waals surface area contributed by atoms with Gasteiger partial charge < -0.3 is 13.9 Å². The molecule has 1 aromatic heterocycles. The number of halogens is 1. The molecular formula is C24H18FNO6S. The number of carbonyl (C=O) groups is 3.